The van der Waals surface area contributed by atoms with Gasteiger partial charge in [0.25, 0.3) is 5.91 Å². The monoisotopic (exact) mass is 367 g/mol. The molecule has 6 rings (SSSR count). The van der Waals surface area contributed by atoms with Gasteiger partial charge in [-0.1, -0.05) is 18.2 Å². The fourth-order valence-corrected chi connectivity index (χ4v) is 6.69. The molecule has 0 radical (unpaired) electrons. The lowest BCUT2D eigenvalue weighted by molar-refractivity contribution is -0.149. The Balaban J connectivity index is 1.13. The number of hydrogen-bond acceptors (Lipinski definition) is 3. The quantitative estimate of drug-likeness (QED) is 0.812. The zero-order valence-corrected chi connectivity index (χ0v) is 16.0. The minimum absolute atomic E-state index is 0.0156. The lowest BCUT2D eigenvalue weighted by Gasteiger charge is -2.56. The third-order valence-electron chi connectivity index (χ3n) is 7.32. The number of rotatable bonds is 5. The number of esters is 1. The zero-order valence-electron chi connectivity index (χ0n) is 16.0. The summed E-state index contributed by atoms with van der Waals surface area (Å²) >= 11 is 0. The highest BCUT2D eigenvalue weighted by Gasteiger charge is 2.51. The molecular formula is C23H29NO3. The predicted molar refractivity (Wildman–Crippen MR) is 102 cm³/mol. The molecule has 0 saturated heterocycles. The first-order valence-electron chi connectivity index (χ1n) is 10.6. The molecule has 1 N–H and O–H groups in total. The zero-order chi connectivity index (χ0) is 18.4. The Morgan fingerprint density at radius 2 is 1.67 bits per heavy atom. The molecule has 1 aromatic carbocycles. The second-order valence-electron chi connectivity index (χ2n) is 9.54. The molecule has 27 heavy (non-hydrogen) atoms. The van der Waals surface area contributed by atoms with Crippen LogP contribution in [0.1, 0.15) is 61.6 Å². The molecule has 4 nitrogen and oxygen atoms in total. The van der Waals surface area contributed by atoms with Gasteiger partial charge in [-0.3, -0.25) is 9.59 Å². The van der Waals surface area contributed by atoms with Gasteiger partial charge in [0, 0.05) is 5.54 Å². The maximum absolute atomic E-state index is 12.4. The molecule has 0 unspecified atom stereocenters. The summed E-state index contributed by atoms with van der Waals surface area (Å²) in [7, 11) is 0. The van der Waals surface area contributed by atoms with Gasteiger partial charge < -0.3 is 10.1 Å². The molecule has 1 aromatic rings. The summed E-state index contributed by atoms with van der Waals surface area (Å²) in [6, 6.07) is 6.27. The van der Waals surface area contributed by atoms with Gasteiger partial charge in [-0.15, -0.1) is 0 Å². The normalized spacial score (nSPS) is 33.0. The maximum Gasteiger partial charge on any atom is 0.310 e. The number of aryl methyl sites for hydroxylation is 2. The Bertz CT molecular complexity index is 734. The number of fused-ring (bicyclic) bond motifs is 1. The minimum Gasteiger partial charge on any atom is -0.455 e. The highest BCUT2D eigenvalue weighted by molar-refractivity contribution is 5.81. The summed E-state index contributed by atoms with van der Waals surface area (Å²) in [5.41, 5.74) is 3.74. The molecule has 5 aliphatic rings. The molecular weight excluding hydrogens is 338 g/mol. The molecule has 1 amide bonds. The highest BCUT2D eigenvalue weighted by atomic mass is 16.5. The van der Waals surface area contributed by atoms with Crippen LogP contribution < -0.4 is 5.32 Å². The van der Waals surface area contributed by atoms with Gasteiger partial charge in [-0.05, 0) is 92.2 Å². The van der Waals surface area contributed by atoms with Crippen molar-refractivity contribution in [3.8, 4) is 0 Å². The van der Waals surface area contributed by atoms with E-state index >= 15 is 0 Å². The van der Waals surface area contributed by atoms with E-state index in [9.17, 15) is 9.59 Å². The number of amides is 1. The van der Waals surface area contributed by atoms with Crippen molar-refractivity contribution in [2.24, 2.45) is 17.8 Å². The lowest BCUT2D eigenvalue weighted by atomic mass is 9.53. The molecule has 5 aliphatic carbocycles. The number of ether oxygens (including phenoxy) is 1. The SMILES string of the molecule is O=C(COC(=O)Cc1ccc2c(c1)CCC2)NC12CC3CC(CC(C3)C1)C2. The summed E-state index contributed by atoms with van der Waals surface area (Å²) in [5, 5.41) is 3.26. The maximum atomic E-state index is 12.4. The standard InChI is InChI=1S/C23H29NO3/c25-21(24-23-11-16-6-17(12-23)8-18(7-16)13-23)14-27-22(26)10-15-4-5-19-2-1-3-20(19)9-15/h4-5,9,16-18H,1-3,6-8,10-14H2,(H,24,25). The highest BCUT2D eigenvalue weighted by Crippen LogP contribution is 2.55. The van der Waals surface area contributed by atoms with E-state index in [1.54, 1.807) is 0 Å². The van der Waals surface area contributed by atoms with Crippen LogP contribution in [0.2, 0.25) is 0 Å². The van der Waals surface area contributed by atoms with Crippen molar-refractivity contribution in [1.29, 1.82) is 0 Å². The van der Waals surface area contributed by atoms with Crippen molar-refractivity contribution in [1.82, 2.24) is 5.32 Å². The second kappa shape index (κ2) is 6.65. The van der Waals surface area contributed by atoms with Crippen molar-refractivity contribution in [3.63, 3.8) is 0 Å². The van der Waals surface area contributed by atoms with Crippen LogP contribution in [0.4, 0.5) is 0 Å². The van der Waals surface area contributed by atoms with Gasteiger partial charge in [0.15, 0.2) is 6.61 Å². The van der Waals surface area contributed by atoms with Crippen molar-refractivity contribution in [2.75, 3.05) is 6.61 Å². The first-order chi connectivity index (χ1) is 13.1. The van der Waals surface area contributed by atoms with E-state index < -0.39 is 0 Å². The van der Waals surface area contributed by atoms with Crippen LogP contribution in [0.3, 0.4) is 0 Å². The summed E-state index contributed by atoms with van der Waals surface area (Å²) < 4.78 is 5.29. The average molecular weight is 367 g/mol. The van der Waals surface area contributed by atoms with E-state index in [4.69, 9.17) is 4.74 Å². The van der Waals surface area contributed by atoms with Crippen LogP contribution in [-0.2, 0) is 33.6 Å². The largest absolute Gasteiger partial charge is 0.455 e. The summed E-state index contributed by atoms with van der Waals surface area (Å²) in [6.45, 7) is -0.147. The molecule has 4 saturated carbocycles. The van der Waals surface area contributed by atoms with Gasteiger partial charge in [0.05, 0.1) is 6.42 Å². The smallest absolute Gasteiger partial charge is 0.310 e. The Hall–Kier alpha value is -1.84. The van der Waals surface area contributed by atoms with Crippen molar-refractivity contribution >= 4 is 11.9 Å². The van der Waals surface area contributed by atoms with E-state index in [0.717, 1.165) is 55.4 Å². The third kappa shape index (κ3) is 3.51. The Morgan fingerprint density at radius 3 is 2.37 bits per heavy atom. The molecule has 4 heteroatoms. The molecule has 0 spiro atoms. The van der Waals surface area contributed by atoms with Gasteiger partial charge in [-0.25, -0.2) is 0 Å². The van der Waals surface area contributed by atoms with Crippen LogP contribution in [0.15, 0.2) is 18.2 Å². The topological polar surface area (TPSA) is 55.4 Å². The number of carbonyl (C=O) groups is 2. The van der Waals surface area contributed by atoms with E-state index in [-0.39, 0.29) is 30.4 Å². The lowest BCUT2D eigenvalue weighted by Crippen LogP contribution is -2.60. The van der Waals surface area contributed by atoms with Gasteiger partial charge in [-0.2, -0.15) is 0 Å². The molecule has 0 atom stereocenters. The Morgan fingerprint density at radius 1 is 1.00 bits per heavy atom. The molecule has 0 aromatic heterocycles. The van der Waals surface area contributed by atoms with E-state index in [1.807, 2.05) is 6.07 Å². The minimum atomic E-state index is -0.311. The molecule has 0 aliphatic heterocycles. The fourth-order valence-electron chi connectivity index (χ4n) is 6.69. The van der Waals surface area contributed by atoms with Gasteiger partial charge >= 0.3 is 5.97 Å². The van der Waals surface area contributed by atoms with Crippen molar-refractivity contribution < 1.29 is 14.3 Å². The number of hydrogen-bond donors (Lipinski definition) is 1. The second-order valence-corrected chi connectivity index (χ2v) is 9.54. The Labute approximate surface area is 161 Å². The number of carbonyl (C=O) groups excluding carboxylic acids is 2. The third-order valence-corrected chi connectivity index (χ3v) is 7.32. The number of benzene rings is 1. The van der Waals surface area contributed by atoms with E-state index in [1.165, 1.54) is 36.8 Å². The molecule has 4 bridgehead atoms. The first-order valence-corrected chi connectivity index (χ1v) is 10.6. The van der Waals surface area contributed by atoms with Crippen molar-refractivity contribution in [2.45, 2.75) is 69.7 Å². The van der Waals surface area contributed by atoms with Gasteiger partial charge in [0.2, 0.25) is 0 Å². The van der Waals surface area contributed by atoms with Crippen LogP contribution in [0.25, 0.3) is 0 Å². The summed E-state index contributed by atoms with van der Waals surface area (Å²) in [5.74, 6) is 1.93. The van der Waals surface area contributed by atoms with Crippen LogP contribution in [0, 0.1) is 17.8 Å². The van der Waals surface area contributed by atoms with Gasteiger partial charge in [0.1, 0.15) is 0 Å². The van der Waals surface area contributed by atoms with Crippen molar-refractivity contribution in [3.05, 3.63) is 34.9 Å². The van der Waals surface area contributed by atoms with E-state index in [0.29, 0.717) is 0 Å². The van der Waals surface area contributed by atoms with Crippen LogP contribution >= 0.6 is 0 Å². The molecule has 4 fully saturated rings. The first kappa shape index (κ1) is 17.3. The van der Waals surface area contributed by atoms with Crippen LogP contribution in [-0.4, -0.2) is 24.0 Å². The predicted octanol–water partition coefficient (Wildman–Crippen LogP) is 3.35. The van der Waals surface area contributed by atoms with Crippen LogP contribution in [0.5, 0.6) is 0 Å². The molecule has 0 heterocycles. The fraction of sp³-hybridized carbons (Fsp3) is 0.652. The summed E-state index contributed by atoms with van der Waals surface area (Å²) in [6.07, 6.45) is 11.1. The van der Waals surface area contributed by atoms with E-state index in [2.05, 4.69) is 17.4 Å². The summed E-state index contributed by atoms with van der Waals surface area (Å²) in [4.78, 5) is 24.6. The molecule has 144 valence electrons. The number of nitrogens with one attached hydrogen (secondary N) is 1. The average Bonchev–Trinajstić information content (AvgIpc) is 3.06. The Kier molecular flexibility index (Phi) is 4.25.